The molecule has 6 nitrogen and oxygen atoms in total. The van der Waals surface area contributed by atoms with E-state index >= 15 is 0 Å². The Kier molecular flexibility index (Phi) is 5.86. The fraction of sp³-hybridized carbons (Fsp3) is 0.286. The Bertz CT molecular complexity index is 863. The highest BCUT2D eigenvalue weighted by Crippen LogP contribution is 2.27. The molecule has 0 fully saturated rings. The summed E-state index contributed by atoms with van der Waals surface area (Å²) in [5, 5.41) is 2.66. The number of hydrogen-bond acceptors (Lipinski definition) is 4. The molecule has 1 aliphatic heterocycles. The topological polar surface area (TPSA) is 75.7 Å². The third-order valence-electron chi connectivity index (χ3n) is 4.42. The Labute approximate surface area is 158 Å². The molecule has 27 heavy (non-hydrogen) atoms. The summed E-state index contributed by atoms with van der Waals surface area (Å²) in [6.45, 7) is 2.56. The lowest BCUT2D eigenvalue weighted by Crippen LogP contribution is -2.37. The predicted octanol–water partition coefficient (Wildman–Crippen LogP) is 3.17. The van der Waals surface area contributed by atoms with Crippen LogP contribution >= 0.6 is 0 Å². The van der Waals surface area contributed by atoms with E-state index in [0.29, 0.717) is 12.2 Å². The molecule has 3 rings (SSSR count). The SMILES string of the molecule is CCOC(=O)c1ccccc1NC(=O)CC(=O)N1CCCc2ccccc21. The first-order chi connectivity index (χ1) is 13.1. The molecule has 0 radical (unpaired) electrons. The molecule has 140 valence electrons. The molecule has 0 aliphatic carbocycles. The molecular formula is C21H22N2O4. The Morgan fingerprint density at radius 3 is 2.63 bits per heavy atom. The van der Waals surface area contributed by atoms with Gasteiger partial charge in [-0.1, -0.05) is 30.3 Å². The van der Waals surface area contributed by atoms with E-state index in [2.05, 4.69) is 5.32 Å². The molecule has 2 amide bonds. The number of nitrogens with zero attached hydrogens (tertiary/aromatic N) is 1. The van der Waals surface area contributed by atoms with Crippen LogP contribution in [-0.2, 0) is 20.7 Å². The van der Waals surface area contributed by atoms with Crippen molar-refractivity contribution in [1.82, 2.24) is 0 Å². The number of rotatable bonds is 5. The highest BCUT2D eigenvalue weighted by atomic mass is 16.5. The molecule has 0 unspecified atom stereocenters. The van der Waals surface area contributed by atoms with Crippen LogP contribution in [0, 0.1) is 0 Å². The Balaban J connectivity index is 1.69. The minimum atomic E-state index is -0.510. The minimum Gasteiger partial charge on any atom is -0.462 e. The normalized spacial score (nSPS) is 12.9. The first-order valence-electron chi connectivity index (χ1n) is 9.04. The average molecular weight is 366 g/mol. The van der Waals surface area contributed by atoms with E-state index in [1.165, 1.54) is 0 Å². The van der Waals surface area contributed by atoms with Crippen molar-refractivity contribution in [1.29, 1.82) is 0 Å². The van der Waals surface area contributed by atoms with Gasteiger partial charge in [0.25, 0.3) is 0 Å². The summed E-state index contributed by atoms with van der Waals surface area (Å²) in [5.74, 6) is -1.22. The largest absolute Gasteiger partial charge is 0.462 e. The van der Waals surface area contributed by atoms with Crippen molar-refractivity contribution < 1.29 is 19.1 Å². The van der Waals surface area contributed by atoms with Gasteiger partial charge in [0.15, 0.2) is 0 Å². The van der Waals surface area contributed by atoms with Gasteiger partial charge < -0.3 is 15.0 Å². The molecule has 0 bridgehead atoms. The second kappa shape index (κ2) is 8.49. The van der Waals surface area contributed by atoms with Gasteiger partial charge in [-0.25, -0.2) is 4.79 Å². The van der Waals surface area contributed by atoms with Gasteiger partial charge >= 0.3 is 5.97 Å². The van der Waals surface area contributed by atoms with Crippen LogP contribution in [0.1, 0.15) is 35.7 Å². The number of para-hydroxylation sites is 2. The Hall–Kier alpha value is -3.15. The van der Waals surface area contributed by atoms with Crippen molar-refractivity contribution in [3.8, 4) is 0 Å². The fourth-order valence-corrected chi connectivity index (χ4v) is 3.20. The van der Waals surface area contributed by atoms with E-state index in [1.54, 1.807) is 36.1 Å². The summed E-state index contributed by atoms with van der Waals surface area (Å²) in [7, 11) is 0. The van der Waals surface area contributed by atoms with Crippen molar-refractivity contribution in [2.45, 2.75) is 26.2 Å². The monoisotopic (exact) mass is 366 g/mol. The molecule has 0 atom stereocenters. The number of anilines is 2. The van der Waals surface area contributed by atoms with Crippen LogP contribution in [0.4, 0.5) is 11.4 Å². The first kappa shape index (κ1) is 18.6. The molecule has 2 aromatic rings. The molecule has 6 heteroatoms. The van der Waals surface area contributed by atoms with Gasteiger partial charge in [0.1, 0.15) is 6.42 Å². The van der Waals surface area contributed by atoms with E-state index < -0.39 is 11.9 Å². The summed E-state index contributed by atoms with van der Waals surface area (Å²) >= 11 is 0. The second-order valence-corrected chi connectivity index (χ2v) is 6.27. The number of ether oxygens (including phenoxy) is 1. The highest BCUT2D eigenvalue weighted by molar-refractivity contribution is 6.11. The minimum absolute atomic E-state index is 0.244. The van der Waals surface area contributed by atoms with Crippen molar-refractivity contribution in [3.05, 3.63) is 59.7 Å². The summed E-state index contributed by atoms with van der Waals surface area (Å²) in [5.41, 5.74) is 2.59. The van der Waals surface area contributed by atoms with Crippen molar-refractivity contribution in [2.75, 3.05) is 23.4 Å². The number of amides is 2. The molecule has 1 aliphatic rings. The summed E-state index contributed by atoms with van der Waals surface area (Å²) < 4.78 is 5.00. The van der Waals surface area contributed by atoms with Gasteiger partial charge in [-0.05, 0) is 43.5 Å². The molecule has 0 aromatic heterocycles. The third-order valence-corrected chi connectivity index (χ3v) is 4.42. The lowest BCUT2D eigenvalue weighted by molar-refractivity contribution is -0.125. The maximum absolute atomic E-state index is 12.7. The number of esters is 1. The molecule has 0 saturated carbocycles. The standard InChI is InChI=1S/C21H22N2O4/c1-2-27-21(26)16-10-4-5-11-17(16)22-19(24)14-20(25)23-13-7-9-15-8-3-6-12-18(15)23/h3-6,8,10-12H,2,7,9,13-14H2,1H3,(H,22,24). The zero-order valence-electron chi connectivity index (χ0n) is 15.2. The molecule has 1 N–H and O–H groups in total. The van der Waals surface area contributed by atoms with E-state index in [4.69, 9.17) is 4.74 Å². The van der Waals surface area contributed by atoms with Crippen molar-refractivity contribution >= 4 is 29.2 Å². The van der Waals surface area contributed by atoms with Crippen molar-refractivity contribution in [3.63, 3.8) is 0 Å². The molecule has 0 spiro atoms. The van der Waals surface area contributed by atoms with Crippen LogP contribution in [0.15, 0.2) is 48.5 Å². The fourth-order valence-electron chi connectivity index (χ4n) is 3.20. The van der Waals surface area contributed by atoms with E-state index in [-0.39, 0.29) is 24.5 Å². The zero-order valence-corrected chi connectivity index (χ0v) is 15.2. The zero-order chi connectivity index (χ0) is 19.2. The number of benzene rings is 2. The second-order valence-electron chi connectivity index (χ2n) is 6.27. The van der Waals surface area contributed by atoms with Crippen LogP contribution in [0.3, 0.4) is 0 Å². The van der Waals surface area contributed by atoms with Gasteiger partial charge in [0.05, 0.1) is 17.9 Å². The van der Waals surface area contributed by atoms with E-state index in [0.717, 1.165) is 24.1 Å². The lowest BCUT2D eigenvalue weighted by Gasteiger charge is -2.29. The summed E-state index contributed by atoms with van der Waals surface area (Å²) in [6, 6.07) is 14.3. The van der Waals surface area contributed by atoms with E-state index in [1.807, 2.05) is 24.3 Å². The van der Waals surface area contributed by atoms with Crippen LogP contribution < -0.4 is 10.2 Å². The number of carbonyl (C=O) groups excluding carboxylic acids is 3. The van der Waals surface area contributed by atoms with Crippen LogP contribution in [0.25, 0.3) is 0 Å². The van der Waals surface area contributed by atoms with Gasteiger partial charge in [-0.3, -0.25) is 9.59 Å². The van der Waals surface area contributed by atoms with Gasteiger partial charge in [0.2, 0.25) is 11.8 Å². The van der Waals surface area contributed by atoms with Gasteiger partial charge in [-0.15, -0.1) is 0 Å². The first-order valence-corrected chi connectivity index (χ1v) is 9.04. The highest BCUT2D eigenvalue weighted by Gasteiger charge is 2.24. The smallest absolute Gasteiger partial charge is 0.340 e. The molecule has 0 saturated heterocycles. The summed E-state index contributed by atoms with van der Waals surface area (Å²) in [6.07, 6.45) is 1.51. The molecular weight excluding hydrogens is 344 g/mol. The maximum Gasteiger partial charge on any atom is 0.340 e. The number of nitrogens with one attached hydrogen (secondary N) is 1. The number of fused-ring (bicyclic) bond motifs is 1. The average Bonchev–Trinajstić information content (AvgIpc) is 2.68. The molecule has 1 heterocycles. The number of aryl methyl sites for hydroxylation is 1. The number of carbonyl (C=O) groups is 3. The third kappa shape index (κ3) is 4.34. The predicted molar refractivity (Wildman–Crippen MR) is 103 cm³/mol. The number of hydrogen-bond donors (Lipinski definition) is 1. The van der Waals surface area contributed by atoms with Gasteiger partial charge in [0, 0.05) is 12.2 Å². The Morgan fingerprint density at radius 2 is 1.81 bits per heavy atom. The van der Waals surface area contributed by atoms with Crippen LogP contribution in [0.5, 0.6) is 0 Å². The van der Waals surface area contributed by atoms with E-state index in [9.17, 15) is 14.4 Å². The molecule has 2 aromatic carbocycles. The van der Waals surface area contributed by atoms with Crippen LogP contribution in [-0.4, -0.2) is 30.9 Å². The lowest BCUT2D eigenvalue weighted by atomic mass is 10.0. The van der Waals surface area contributed by atoms with Gasteiger partial charge in [-0.2, -0.15) is 0 Å². The quantitative estimate of drug-likeness (QED) is 0.651. The van der Waals surface area contributed by atoms with Crippen LogP contribution in [0.2, 0.25) is 0 Å². The maximum atomic E-state index is 12.7. The Morgan fingerprint density at radius 1 is 1.07 bits per heavy atom. The van der Waals surface area contributed by atoms with Crippen molar-refractivity contribution in [2.24, 2.45) is 0 Å². The summed E-state index contributed by atoms with van der Waals surface area (Å²) in [4.78, 5) is 38.7.